The molecule has 0 bridgehead atoms. The monoisotopic (exact) mass is 237 g/mol. The molecule has 92 valence electrons. The molecule has 0 aliphatic carbocycles. The molecular formula is C12H16FN3O. The van der Waals surface area contributed by atoms with Gasteiger partial charge in [0.15, 0.2) is 0 Å². The summed E-state index contributed by atoms with van der Waals surface area (Å²) < 4.78 is 13.0. The van der Waals surface area contributed by atoms with Crippen LogP contribution in [0.4, 0.5) is 15.8 Å². The number of benzene rings is 1. The number of nitrogens with one attached hydrogen (secondary N) is 2. The normalized spacial score (nSPS) is 19.9. The van der Waals surface area contributed by atoms with Gasteiger partial charge in [-0.1, -0.05) is 6.42 Å². The van der Waals surface area contributed by atoms with Crippen LogP contribution >= 0.6 is 0 Å². The minimum atomic E-state index is -0.411. The molecule has 1 amide bonds. The topological polar surface area (TPSA) is 67.1 Å². The summed E-state index contributed by atoms with van der Waals surface area (Å²) in [5, 5.41) is 5.78. The molecule has 0 radical (unpaired) electrons. The fourth-order valence-corrected chi connectivity index (χ4v) is 1.93. The Hall–Kier alpha value is -1.62. The molecule has 17 heavy (non-hydrogen) atoms. The summed E-state index contributed by atoms with van der Waals surface area (Å²) in [5.74, 6) is -0.562. The molecule has 1 fully saturated rings. The molecule has 1 unspecified atom stereocenters. The van der Waals surface area contributed by atoms with E-state index < -0.39 is 5.82 Å². The fraction of sp³-hybridized carbons (Fsp3) is 0.417. The summed E-state index contributed by atoms with van der Waals surface area (Å²) in [4.78, 5) is 11.9. The average Bonchev–Trinajstić information content (AvgIpc) is 2.35. The average molecular weight is 237 g/mol. The summed E-state index contributed by atoms with van der Waals surface area (Å²) in [7, 11) is 0. The van der Waals surface area contributed by atoms with Gasteiger partial charge in [0.25, 0.3) is 0 Å². The molecule has 4 N–H and O–H groups in total. The number of piperidine rings is 1. The van der Waals surface area contributed by atoms with Crippen LogP contribution in [0.15, 0.2) is 18.2 Å². The van der Waals surface area contributed by atoms with Gasteiger partial charge in [-0.25, -0.2) is 4.39 Å². The Morgan fingerprint density at radius 2 is 2.29 bits per heavy atom. The van der Waals surface area contributed by atoms with E-state index in [-0.39, 0.29) is 11.9 Å². The number of anilines is 2. The number of hydrogen-bond donors (Lipinski definition) is 3. The van der Waals surface area contributed by atoms with Crippen molar-refractivity contribution in [1.82, 2.24) is 5.32 Å². The highest BCUT2D eigenvalue weighted by Gasteiger charge is 2.20. The SMILES string of the molecule is Nc1ccc(F)cc1NC(=O)C1CCCCN1. The van der Waals surface area contributed by atoms with Crippen LogP contribution in [-0.4, -0.2) is 18.5 Å². The highest BCUT2D eigenvalue weighted by atomic mass is 19.1. The Bertz CT molecular complexity index is 416. The van der Waals surface area contributed by atoms with Crippen molar-refractivity contribution in [2.45, 2.75) is 25.3 Å². The number of carbonyl (C=O) groups is 1. The Labute approximate surface area is 99.4 Å². The zero-order chi connectivity index (χ0) is 12.3. The van der Waals surface area contributed by atoms with Gasteiger partial charge in [0.05, 0.1) is 17.4 Å². The van der Waals surface area contributed by atoms with Gasteiger partial charge in [0, 0.05) is 0 Å². The smallest absolute Gasteiger partial charge is 0.241 e. The van der Waals surface area contributed by atoms with Crippen molar-refractivity contribution in [3.05, 3.63) is 24.0 Å². The van der Waals surface area contributed by atoms with E-state index in [2.05, 4.69) is 10.6 Å². The molecular weight excluding hydrogens is 221 g/mol. The summed E-state index contributed by atoms with van der Waals surface area (Å²) >= 11 is 0. The van der Waals surface area contributed by atoms with Gasteiger partial charge in [-0.15, -0.1) is 0 Å². The Kier molecular flexibility index (Phi) is 3.58. The van der Waals surface area contributed by atoms with Crippen molar-refractivity contribution in [3.63, 3.8) is 0 Å². The maximum atomic E-state index is 13.0. The number of amides is 1. The van der Waals surface area contributed by atoms with Gasteiger partial charge in [-0.05, 0) is 37.6 Å². The predicted octanol–water partition coefficient (Wildman–Crippen LogP) is 1.49. The van der Waals surface area contributed by atoms with E-state index in [4.69, 9.17) is 5.73 Å². The van der Waals surface area contributed by atoms with E-state index in [0.29, 0.717) is 11.4 Å². The number of rotatable bonds is 2. The third-order valence-electron chi connectivity index (χ3n) is 2.90. The second-order valence-corrected chi connectivity index (χ2v) is 4.22. The van der Waals surface area contributed by atoms with Gasteiger partial charge in [-0.2, -0.15) is 0 Å². The zero-order valence-electron chi connectivity index (χ0n) is 9.50. The molecule has 1 aromatic carbocycles. The van der Waals surface area contributed by atoms with E-state index in [9.17, 15) is 9.18 Å². The highest BCUT2D eigenvalue weighted by Crippen LogP contribution is 2.20. The minimum Gasteiger partial charge on any atom is -0.397 e. The number of halogens is 1. The van der Waals surface area contributed by atoms with Crippen LogP contribution in [0.1, 0.15) is 19.3 Å². The molecule has 1 aliphatic heterocycles. The lowest BCUT2D eigenvalue weighted by atomic mass is 10.0. The number of carbonyl (C=O) groups excluding carboxylic acids is 1. The molecule has 2 rings (SSSR count). The lowest BCUT2D eigenvalue weighted by Gasteiger charge is -2.22. The molecule has 1 aliphatic rings. The second kappa shape index (κ2) is 5.14. The van der Waals surface area contributed by atoms with Crippen molar-refractivity contribution < 1.29 is 9.18 Å². The Morgan fingerprint density at radius 1 is 1.47 bits per heavy atom. The molecule has 0 saturated carbocycles. The molecule has 1 heterocycles. The standard InChI is InChI=1S/C12H16FN3O/c13-8-4-5-9(14)11(7-8)16-12(17)10-3-1-2-6-15-10/h4-5,7,10,15H,1-3,6,14H2,(H,16,17). The van der Waals surface area contributed by atoms with Gasteiger partial charge >= 0.3 is 0 Å². The summed E-state index contributed by atoms with van der Waals surface area (Å²) in [5.41, 5.74) is 6.37. The fourth-order valence-electron chi connectivity index (χ4n) is 1.93. The lowest BCUT2D eigenvalue weighted by molar-refractivity contribution is -0.118. The lowest BCUT2D eigenvalue weighted by Crippen LogP contribution is -2.43. The zero-order valence-corrected chi connectivity index (χ0v) is 9.50. The Morgan fingerprint density at radius 3 is 3.00 bits per heavy atom. The highest BCUT2D eigenvalue weighted by molar-refractivity contribution is 5.97. The van der Waals surface area contributed by atoms with E-state index in [0.717, 1.165) is 25.8 Å². The number of nitrogen functional groups attached to an aromatic ring is 1. The van der Waals surface area contributed by atoms with E-state index in [1.807, 2.05) is 0 Å². The quantitative estimate of drug-likeness (QED) is 0.683. The van der Waals surface area contributed by atoms with E-state index in [1.54, 1.807) is 0 Å². The van der Waals surface area contributed by atoms with Gasteiger partial charge < -0.3 is 16.4 Å². The molecule has 0 aromatic heterocycles. The first-order chi connectivity index (χ1) is 8.16. The summed E-state index contributed by atoms with van der Waals surface area (Å²) in [6, 6.07) is 3.74. The number of hydrogen-bond acceptors (Lipinski definition) is 3. The van der Waals surface area contributed by atoms with Crippen LogP contribution in [0.5, 0.6) is 0 Å². The molecule has 1 aromatic rings. The van der Waals surface area contributed by atoms with Crippen molar-refractivity contribution in [3.8, 4) is 0 Å². The van der Waals surface area contributed by atoms with Gasteiger partial charge in [0.2, 0.25) is 5.91 Å². The molecule has 5 heteroatoms. The van der Waals surface area contributed by atoms with Crippen molar-refractivity contribution >= 4 is 17.3 Å². The minimum absolute atomic E-state index is 0.151. The largest absolute Gasteiger partial charge is 0.397 e. The predicted molar refractivity (Wildman–Crippen MR) is 65.1 cm³/mol. The first-order valence-corrected chi connectivity index (χ1v) is 5.76. The molecule has 0 spiro atoms. The summed E-state index contributed by atoms with van der Waals surface area (Å²) in [6.45, 7) is 0.844. The van der Waals surface area contributed by atoms with Gasteiger partial charge in [0.1, 0.15) is 5.82 Å². The maximum absolute atomic E-state index is 13.0. The first-order valence-electron chi connectivity index (χ1n) is 5.76. The van der Waals surface area contributed by atoms with Crippen LogP contribution in [0.2, 0.25) is 0 Å². The van der Waals surface area contributed by atoms with E-state index >= 15 is 0 Å². The van der Waals surface area contributed by atoms with E-state index in [1.165, 1.54) is 18.2 Å². The van der Waals surface area contributed by atoms with Crippen LogP contribution < -0.4 is 16.4 Å². The third-order valence-corrected chi connectivity index (χ3v) is 2.90. The second-order valence-electron chi connectivity index (χ2n) is 4.22. The third kappa shape index (κ3) is 2.94. The van der Waals surface area contributed by atoms with Crippen LogP contribution in [0, 0.1) is 5.82 Å². The molecule has 1 saturated heterocycles. The Balaban J connectivity index is 2.04. The molecule has 4 nitrogen and oxygen atoms in total. The van der Waals surface area contributed by atoms with Crippen LogP contribution in [-0.2, 0) is 4.79 Å². The maximum Gasteiger partial charge on any atom is 0.241 e. The number of nitrogens with two attached hydrogens (primary N) is 1. The van der Waals surface area contributed by atoms with Crippen molar-refractivity contribution in [2.24, 2.45) is 0 Å². The van der Waals surface area contributed by atoms with Crippen LogP contribution in [0.25, 0.3) is 0 Å². The summed E-state index contributed by atoms with van der Waals surface area (Å²) in [6.07, 6.45) is 2.93. The van der Waals surface area contributed by atoms with Crippen molar-refractivity contribution in [2.75, 3.05) is 17.6 Å². The van der Waals surface area contributed by atoms with Crippen LogP contribution in [0.3, 0.4) is 0 Å². The van der Waals surface area contributed by atoms with Crippen molar-refractivity contribution in [1.29, 1.82) is 0 Å². The van der Waals surface area contributed by atoms with Gasteiger partial charge in [-0.3, -0.25) is 4.79 Å². The molecule has 1 atom stereocenters. The first kappa shape index (κ1) is 11.9.